The fourth-order valence-electron chi connectivity index (χ4n) is 1.48. The lowest BCUT2D eigenvalue weighted by Crippen LogP contribution is -2.12. The number of halogens is 2. The van der Waals surface area contributed by atoms with Crippen LogP contribution in [0, 0.1) is 11.2 Å². The molecule has 0 atom stereocenters. The molecule has 3 N–H and O–H groups in total. The Bertz CT molecular complexity index is 584. The molecule has 0 fully saturated rings. The lowest BCUT2D eigenvalue weighted by atomic mass is 10.2. The van der Waals surface area contributed by atoms with Gasteiger partial charge in [-0.1, -0.05) is 29.4 Å². The number of rotatable bonds is 3. The molecule has 0 saturated carbocycles. The maximum absolute atomic E-state index is 12.8. The Balaban J connectivity index is 2.37. The Labute approximate surface area is 113 Å². The van der Waals surface area contributed by atoms with Crippen LogP contribution in [0.1, 0.15) is 5.56 Å². The van der Waals surface area contributed by atoms with Crippen molar-refractivity contribution in [2.24, 2.45) is 5.73 Å². The molecule has 0 saturated heterocycles. The zero-order valence-electron chi connectivity index (χ0n) is 9.28. The van der Waals surface area contributed by atoms with E-state index in [-0.39, 0.29) is 11.7 Å². The number of nitrogens with one attached hydrogen (secondary N) is 1. The van der Waals surface area contributed by atoms with Crippen LogP contribution in [0.4, 0.5) is 4.39 Å². The first kappa shape index (κ1) is 12.9. The smallest absolute Gasteiger partial charge is 0.125 e. The van der Waals surface area contributed by atoms with E-state index in [1.807, 2.05) is 6.07 Å². The largest absolute Gasteiger partial charge is 0.384 e. The van der Waals surface area contributed by atoms with Gasteiger partial charge in [0.2, 0.25) is 0 Å². The maximum Gasteiger partial charge on any atom is 0.125 e. The summed E-state index contributed by atoms with van der Waals surface area (Å²) in [4.78, 5) is 1.64. The van der Waals surface area contributed by atoms with Gasteiger partial charge in [-0.3, -0.25) is 5.41 Å². The van der Waals surface area contributed by atoms with E-state index in [0.29, 0.717) is 10.6 Å². The molecule has 0 radical (unpaired) electrons. The first-order chi connectivity index (χ1) is 8.58. The monoisotopic (exact) mass is 280 g/mol. The van der Waals surface area contributed by atoms with Crippen LogP contribution in [0.25, 0.3) is 0 Å². The van der Waals surface area contributed by atoms with E-state index in [9.17, 15) is 4.39 Å². The van der Waals surface area contributed by atoms with Gasteiger partial charge in [-0.25, -0.2) is 4.39 Å². The minimum atomic E-state index is -0.280. The van der Waals surface area contributed by atoms with Crippen LogP contribution in [0.5, 0.6) is 0 Å². The summed E-state index contributed by atoms with van der Waals surface area (Å²) in [5.41, 5.74) is 6.03. The second-order valence-corrected chi connectivity index (χ2v) is 5.11. The van der Waals surface area contributed by atoms with Crippen molar-refractivity contribution >= 4 is 29.2 Å². The van der Waals surface area contributed by atoms with Crippen LogP contribution in [0.15, 0.2) is 52.3 Å². The second-order valence-electron chi connectivity index (χ2n) is 3.58. The summed E-state index contributed by atoms with van der Waals surface area (Å²) in [5.74, 6) is -0.359. The Kier molecular flexibility index (Phi) is 3.89. The molecule has 0 amide bonds. The van der Waals surface area contributed by atoms with Crippen molar-refractivity contribution in [1.82, 2.24) is 0 Å². The Morgan fingerprint density at radius 3 is 2.44 bits per heavy atom. The van der Waals surface area contributed by atoms with E-state index in [1.165, 1.54) is 23.9 Å². The molecule has 0 aliphatic carbocycles. The standard InChI is InChI=1S/C13H10ClFN2S/c14-10-2-1-3-11(12(10)13(16)17)18-9-6-4-8(15)5-7-9/h1-7H,(H3,16,17). The SMILES string of the molecule is N=C(N)c1c(Cl)cccc1Sc1ccc(F)cc1. The zero-order chi connectivity index (χ0) is 13.1. The molecule has 2 aromatic rings. The molecule has 0 aliphatic rings. The molecule has 0 spiro atoms. The summed E-state index contributed by atoms with van der Waals surface area (Å²) in [6.07, 6.45) is 0. The molecular weight excluding hydrogens is 271 g/mol. The van der Waals surface area contributed by atoms with Gasteiger partial charge in [0, 0.05) is 15.4 Å². The van der Waals surface area contributed by atoms with E-state index >= 15 is 0 Å². The highest BCUT2D eigenvalue weighted by atomic mass is 35.5. The fourth-order valence-corrected chi connectivity index (χ4v) is 2.81. The van der Waals surface area contributed by atoms with Gasteiger partial charge in [0.1, 0.15) is 11.7 Å². The van der Waals surface area contributed by atoms with E-state index in [4.69, 9.17) is 22.7 Å². The predicted octanol–water partition coefficient (Wildman–Crippen LogP) is 3.91. The molecular formula is C13H10ClFN2S. The summed E-state index contributed by atoms with van der Waals surface area (Å²) in [6, 6.07) is 11.4. The van der Waals surface area contributed by atoms with Crippen molar-refractivity contribution in [1.29, 1.82) is 5.41 Å². The topological polar surface area (TPSA) is 49.9 Å². The van der Waals surface area contributed by atoms with Crippen molar-refractivity contribution in [3.05, 3.63) is 58.9 Å². The molecule has 0 bridgehead atoms. The lowest BCUT2D eigenvalue weighted by Gasteiger charge is -2.09. The van der Waals surface area contributed by atoms with Crippen LogP contribution >= 0.6 is 23.4 Å². The normalized spacial score (nSPS) is 10.3. The van der Waals surface area contributed by atoms with Crippen molar-refractivity contribution in [2.75, 3.05) is 0 Å². The van der Waals surface area contributed by atoms with Gasteiger partial charge in [0.05, 0.1) is 5.02 Å². The van der Waals surface area contributed by atoms with Crippen molar-refractivity contribution in [3.63, 3.8) is 0 Å². The van der Waals surface area contributed by atoms with Gasteiger partial charge >= 0.3 is 0 Å². The second kappa shape index (κ2) is 5.42. The summed E-state index contributed by atoms with van der Waals surface area (Å²) < 4.78 is 12.8. The predicted molar refractivity (Wildman–Crippen MR) is 73.0 cm³/mol. The highest BCUT2D eigenvalue weighted by molar-refractivity contribution is 7.99. The van der Waals surface area contributed by atoms with Gasteiger partial charge in [-0.05, 0) is 36.4 Å². The molecule has 18 heavy (non-hydrogen) atoms. The number of amidine groups is 1. The third-order valence-electron chi connectivity index (χ3n) is 2.29. The lowest BCUT2D eigenvalue weighted by molar-refractivity contribution is 0.626. The van der Waals surface area contributed by atoms with Crippen molar-refractivity contribution in [2.45, 2.75) is 9.79 Å². The van der Waals surface area contributed by atoms with Crippen LogP contribution in [0.3, 0.4) is 0 Å². The molecule has 92 valence electrons. The van der Waals surface area contributed by atoms with Gasteiger partial charge in [0.15, 0.2) is 0 Å². The Morgan fingerprint density at radius 2 is 1.83 bits per heavy atom. The van der Waals surface area contributed by atoms with E-state index in [2.05, 4.69) is 0 Å². The summed E-state index contributed by atoms with van der Waals surface area (Å²) >= 11 is 7.42. The molecule has 0 unspecified atom stereocenters. The maximum atomic E-state index is 12.8. The van der Waals surface area contributed by atoms with Crippen LogP contribution in [-0.2, 0) is 0 Å². The first-order valence-corrected chi connectivity index (χ1v) is 6.33. The molecule has 2 nitrogen and oxygen atoms in total. The molecule has 2 aromatic carbocycles. The van der Waals surface area contributed by atoms with E-state index in [0.717, 1.165) is 9.79 Å². The highest BCUT2D eigenvalue weighted by Gasteiger charge is 2.11. The number of hydrogen-bond acceptors (Lipinski definition) is 2. The average molecular weight is 281 g/mol. The number of hydrogen-bond donors (Lipinski definition) is 2. The summed E-state index contributed by atoms with van der Waals surface area (Å²) in [7, 11) is 0. The molecule has 5 heteroatoms. The third-order valence-corrected chi connectivity index (χ3v) is 3.67. The van der Waals surface area contributed by atoms with Gasteiger partial charge < -0.3 is 5.73 Å². The molecule has 0 aliphatic heterocycles. The minimum absolute atomic E-state index is 0.0785. The molecule has 0 aromatic heterocycles. The van der Waals surface area contributed by atoms with Gasteiger partial charge in [0.25, 0.3) is 0 Å². The Hall–Kier alpha value is -1.52. The molecule has 2 rings (SSSR count). The number of benzene rings is 2. The van der Waals surface area contributed by atoms with Crippen molar-refractivity contribution in [3.8, 4) is 0 Å². The zero-order valence-corrected chi connectivity index (χ0v) is 10.9. The fraction of sp³-hybridized carbons (Fsp3) is 0. The highest BCUT2D eigenvalue weighted by Crippen LogP contribution is 2.33. The van der Waals surface area contributed by atoms with Gasteiger partial charge in [-0.15, -0.1) is 0 Å². The first-order valence-electron chi connectivity index (χ1n) is 5.14. The van der Waals surface area contributed by atoms with Crippen LogP contribution in [-0.4, -0.2) is 5.84 Å². The molecule has 0 heterocycles. The number of nitrogen functional groups attached to an aromatic ring is 1. The third kappa shape index (κ3) is 2.83. The van der Waals surface area contributed by atoms with Crippen molar-refractivity contribution < 1.29 is 4.39 Å². The van der Waals surface area contributed by atoms with Gasteiger partial charge in [-0.2, -0.15) is 0 Å². The quantitative estimate of drug-likeness (QED) is 0.661. The summed E-state index contributed by atoms with van der Waals surface area (Å²) in [6.45, 7) is 0. The Morgan fingerprint density at radius 1 is 1.17 bits per heavy atom. The average Bonchev–Trinajstić information content (AvgIpc) is 2.32. The van der Waals surface area contributed by atoms with Crippen LogP contribution in [0.2, 0.25) is 5.02 Å². The van der Waals surface area contributed by atoms with Crippen LogP contribution < -0.4 is 5.73 Å². The van der Waals surface area contributed by atoms with E-state index < -0.39 is 0 Å². The van der Waals surface area contributed by atoms with E-state index in [1.54, 1.807) is 24.3 Å². The summed E-state index contributed by atoms with van der Waals surface area (Å²) in [5, 5.41) is 7.98. The number of nitrogens with two attached hydrogens (primary N) is 1. The minimum Gasteiger partial charge on any atom is -0.384 e.